The number of rotatable bonds is 10. The molecule has 0 aliphatic rings. The molecule has 1 aromatic carbocycles. The predicted octanol–water partition coefficient (Wildman–Crippen LogP) is -0.259. The van der Waals surface area contributed by atoms with Crippen molar-refractivity contribution in [2.24, 2.45) is 11.7 Å². The van der Waals surface area contributed by atoms with Crippen molar-refractivity contribution < 1.29 is 29.4 Å². The smallest absolute Gasteiger partial charge is 0.326 e. The highest BCUT2D eigenvalue weighted by Crippen LogP contribution is 2.06. The van der Waals surface area contributed by atoms with Crippen LogP contribution in [0.4, 0.5) is 0 Å². The van der Waals surface area contributed by atoms with Gasteiger partial charge in [0, 0.05) is 0 Å². The summed E-state index contributed by atoms with van der Waals surface area (Å²) in [6.07, 6.45) is -0.497. The van der Waals surface area contributed by atoms with E-state index in [2.05, 4.69) is 10.6 Å². The number of carboxylic acids is 2. The molecule has 0 spiro atoms. The Balaban J connectivity index is 2.76. The maximum Gasteiger partial charge on any atom is 0.326 e. The zero-order chi connectivity index (χ0) is 20.6. The number of carbonyl (C=O) groups excluding carboxylic acids is 2. The van der Waals surface area contributed by atoms with Gasteiger partial charge in [-0.1, -0.05) is 44.2 Å². The molecule has 0 aliphatic heterocycles. The number of benzene rings is 1. The van der Waals surface area contributed by atoms with E-state index in [1.807, 2.05) is 30.3 Å². The summed E-state index contributed by atoms with van der Waals surface area (Å²) >= 11 is 0. The molecule has 0 unspecified atom stereocenters. The molecule has 0 radical (unpaired) electrons. The molecule has 6 N–H and O–H groups in total. The molecule has 9 nitrogen and oxygen atoms in total. The maximum atomic E-state index is 12.4. The second-order valence-corrected chi connectivity index (χ2v) is 6.52. The van der Waals surface area contributed by atoms with Crippen molar-refractivity contribution in [3.05, 3.63) is 35.9 Å². The van der Waals surface area contributed by atoms with Crippen molar-refractivity contribution in [2.75, 3.05) is 0 Å². The van der Waals surface area contributed by atoms with Gasteiger partial charge in [-0.25, -0.2) is 4.79 Å². The van der Waals surface area contributed by atoms with Crippen molar-refractivity contribution in [3.63, 3.8) is 0 Å². The Morgan fingerprint density at radius 1 is 1.00 bits per heavy atom. The van der Waals surface area contributed by atoms with Crippen LogP contribution >= 0.6 is 0 Å². The van der Waals surface area contributed by atoms with Crippen molar-refractivity contribution in [3.8, 4) is 0 Å². The molecule has 0 saturated heterocycles. The van der Waals surface area contributed by atoms with E-state index >= 15 is 0 Å². The molecule has 27 heavy (non-hydrogen) atoms. The molecule has 1 aromatic rings. The van der Waals surface area contributed by atoms with E-state index in [0.717, 1.165) is 5.56 Å². The Morgan fingerprint density at radius 3 is 2.07 bits per heavy atom. The fourth-order valence-electron chi connectivity index (χ4n) is 2.39. The molecule has 0 aliphatic carbocycles. The first-order chi connectivity index (χ1) is 12.6. The van der Waals surface area contributed by atoms with Crippen LogP contribution in [0.15, 0.2) is 30.3 Å². The van der Waals surface area contributed by atoms with Crippen molar-refractivity contribution >= 4 is 23.8 Å². The zero-order valence-electron chi connectivity index (χ0n) is 15.2. The highest BCUT2D eigenvalue weighted by molar-refractivity contribution is 5.93. The van der Waals surface area contributed by atoms with Crippen molar-refractivity contribution in [1.82, 2.24) is 10.6 Å². The molecular formula is C18H25N3O6. The van der Waals surface area contributed by atoms with Gasteiger partial charge >= 0.3 is 11.9 Å². The maximum absolute atomic E-state index is 12.4. The first-order valence-corrected chi connectivity index (χ1v) is 8.46. The lowest BCUT2D eigenvalue weighted by Crippen LogP contribution is -2.56. The summed E-state index contributed by atoms with van der Waals surface area (Å²) in [7, 11) is 0. The van der Waals surface area contributed by atoms with Crippen LogP contribution in [0.3, 0.4) is 0 Å². The van der Waals surface area contributed by atoms with Gasteiger partial charge in [-0.2, -0.15) is 0 Å². The number of amides is 2. The largest absolute Gasteiger partial charge is 0.481 e. The van der Waals surface area contributed by atoms with Gasteiger partial charge < -0.3 is 26.6 Å². The average molecular weight is 379 g/mol. The summed E-state index contributed by atoms with van der Waals surface area (Å²) in [6.45, 7) is 3.33. The van der Waals surface area contributed by atoms with E-state index in [1.165, 1.54) is 0 Å². The Bertz CT molecular complexity index is 677. The van der Waals surface area contributed by atoms with Crippen molar-refractivity contribution in [1.29, 1.82) is 0 Å². The van der Waals surface area contributed by atoms with E-state index in [9.17, 15) is 19.2 Å². The fraction of sp³-hybridized carbons (Fsp3) is 0.444. The third-order valence-electron chi connectivity index (χ3n) is 3.88. The van der Waals surface area contributed by atoms with Crippen LogP contribution in [0.25, 0.3) is 0 Å². The van der Waals surface area contributed by atoms with Crippen molar-refractivity contribution in [2.45, 2.75) is 44.8 Å². The van der Waals surface area contributed by atoms with E-state index < -0.39 is 48.3 Å². The van der Waals surface area contributed by atoms with Crippen LogP contribution in [0.1, 0.15) is 25.8 Å². The summed E-state index contributed by atoms with van der Waals surface area (Å²) < 4.78 is 0. The van der Waals surface area contributed by atoms with E-state index in [4.69, 9.17) is 15.9 Å². The predicted molar refractivity (Wildman–Crippen MR) is 96.7 cm³/mol. The summed E-state index contributed by atoms with van der Waals surface area (Å²) in [4.78, 5) is 46.6. The average Bonchev–Trinajstić information content (AvgIpc) is 2.58. The first kappa shape index (κ1) is 22.1. The molecule has 9 heteroatoms. The quantitative estimate of drug-likeness (QED) is 0.374. The Labute approximate surface area is 156 Å². The minimum Gasteiger partial charge on any atom is -0.481 e. The lowest BCUT2D eigenvalue weighted by molar-refractivity contribution is -0.147. The molecule has 0 aromatic heterocycles. The number of aliphatic carboxylic acids is 2. The SMILES string of the molecule is CC(C)[C@H](NC(=O)[C@H](N)Cc1ccccc1)C(=O)N[C@@H](CC(=O)O)C(=O)O. The number of hydrogen-bond donors (Lipinski definition) is 5. The Kier molecular flexibility index (Phi) is 8.40. The molecule has 148 valence electrons. The number of nitrogens with one attached hydrogen (secondary N) is 2. The minimum atomic E-state index is -1.59. The Morgan fingerprint density at radius 2 is 1.59 bits per heavy atom. The van der Waals surface area contributed by atoms with Crippen LogP contribution in [0, 0.1) is 5.92 Å². The van der Waals surface area contributed by atoms with Crippen LogP contribution in [-0.2, 0) is 25.6 Å². The number of nitrogens with two attached hydrogens (primary N) is 1. The van der Waals surface area contributed by atoms with Gasteiger partial charge in [0.1, 0.15) is 12.1 Å². The third kappa shape index (κ3) is 7.45. The van der Waals surface area contributed by atoms with Gasteiger partial charge in [0.25, 0.3) is 0 Å². The number of hydrogen-bond acceptors (Lipinski definition) is 5. The topological polar surface area (TPSA) is 159 Å². The molecular weight excluding hydrogens is 354 g/mol. The van der Waals surface area contributed by atoms with Gasteiger partial charge in [-0.3, -0.25) is 14.4 Å². The molecule has 2 amide bonds. The van der Waals surface area contributed by atoms with E-state index in [0.29, 0.717) is 0 Å². The molecule has 0 saturated carbocycles. The molecule has 0 bridgehead atoms. The monoisotopic (exact) mass is 379 g/mol. The Hall–Kier alpha value is -2.94. The van der Waals surface area contributed by atoms with Crippen LogP contribution in [0.5, 0.6) is 0 Å². The third-order valence-corrected chi connectivity index (χ3v) is 3.88. The summed E-state index contributed by atoms with van der Waals surface area (Å²) in [5, 5.41) is 22.5. The lowest BCUT2D eigenvalue weighted by Gasteiger charge is -2.25. The highest BCUT2D eigenvalue weighted by Gasteiger charge is 2.30. The van der Waals surface area contributed by atoms with Crippen LogP contribution < -0.4 is 16.4 Å². The zero-order valence-corrected chi connectivity index (χ0v) is 15.2. The summed E-state index contributed by atoms with van der Waals surface area (Å²) in [5.74, 6) is -4.54. The summed E-state index contributed by atoms with van der Waals surface area (Å²) in [6, 6.07) is 5.59. The second kappa shape index (κ2) is 10.3. The van der Waals surface area contributed by atoms with Crippen LogP contribution in [0.2, 0.25) is 0 Å². The lowest BCUT2D eigenvalue weighted by atomic mass is 10.0. The van der Waals surface area contributed by atoms with E-state index in [1.54, 1.807) is 13.8 Å². The molecule has 0 heterocycles. The minimum absolute atomic E-state index is 0.274. The summed E-state index contributed by atoms with van der Waals surface area (Å²) in [5.41, 5.74) is 6.76. The normalized spacial score (nSPS) is 14.1. The van der Waals surface area contributed by atoms with Gasteiger partial charge in [-0.05, 0) is 17.9 Å². The van der Waals surface area contributed by atoms with Gasteiger partial charge in [-0.15, -0.1) is 0 Å². The standard InChI is InChI=1S/C18H25N3O6/c1-10(2)15(17(25)20-13(18(26)27)9-14(22)23)21-16(24)12(19)8-11-6-4-3-5-7-11/h3-7,10,12-13,15H,8-9,19H2,1-2H3,(H,20,25)(H,21,24)(H,22,23)(H,26,27)/t12-,13+,15+/m1/s1. The fourth-order valence-corrected chi connectivity index (χ4v) is 2.39. The second-order valence-electron chi connectivity index (χ2n) is 6.52. The van der Waals surface area contributed by atoms with Gasteiger partial charge in [0.2, 0.25) is 11.8 Å². The van der Waals surface area contributed by atoms with Gasteiger partial charge in [0.15, 0.2) is 0 Å². The van der Waals surface area contributed by atoms with Gasteiger partial charge in [0.05, 0.1) is 12.5 Å². The highest BCUT2D eigenvalue weighted by atomic mass is 16.4. The van der Waals surface area contributed by atoms with Crippen LogP contribution in [-0.4, -0.2) is 52.1 Å². The molecule has 1 rings (SSSR count). The number of carbonyl (C=O) groups is 4. The molecule has 0 fully saturated rings. The first-order valence-electron chi connectivity index (χ1n) is 8.46. The molecule has 3 atom stereocenters. The number of carboxylic acid groups (broad SMARTS) is 2. The van der Waals surface area contributed by atoms with E-state index in [-0.39, 0.29) is 12.3 Å².